The summed E-state index contributed by atoms with van der Waals surface area (Å²) in [7, 11) is 2.15. The van der Waals surface area contributed by atoms with E-state index < -0.39 is 0 Å². The third kappa shape index (κ3) is 1.96. The van der Waals surface area contributed by atoms with Crippen molar-refractivity contribution < 1.29 is 4.57 Å². The lowest BCUT2D eigenvalue weighted by molar-refractivity contribution is -0.647. The van der Waals surface area contributed by atoms with Crippen LogP contribution in [0.25, 0.3) is 10.2 Å². The van der Waals surface area contributed by atoms with Crippen LogP contribution in [0.1, 0.15) is 10.6 Å². The van der Waals surface area contributed by atoms with Gasteiger partial charge in [0.15, 0.2) is 0 Å². The predicted octanol–water partition coefficient (Wildman–Crippen LogP) is 3.32. The van der Waals surface area contributed by atoms with Gasteiger partial charge in [-0.1, -0.05) is 53.8 Å². The summed E-state index contributed by atoms with van der Waals surface area (Å²) in [5.41, 5.74) is 2.69. The Labute approximate surface area is 105 Å². The lowest BCUT2D eigenvalue weighted by Crippen LogP contribution is -2.30. The smallest absolute Gasteiger partial charge is 0.188 e. The largest absolute Gasteiger partial charge is 0.242 e. The number of nitrogens with zero attached hydrogens (tertiary/aromatic N) is 1. The lowest BCUT2D eigenvalue weighted by atomic mass is 10.2. The van der Waals surface area contributed by atoms with Gasteiger partial charge in [0.05, 0.1) is 6.42 Å². The minimum Gasteiger partial charge on any atom is -0.188 e. The van der Waals surface area contributed by atoms with Crippen LogP contribution in [0.3, 0.4) is 0 Å². The van der Waals surface area contributed by atoms with Crippen molar-refractivity contribution in [3.8, 4) is 0 Å². The van der Waals surface area contributed by atoms with Crippen molar-refractivity contribution in [3.63, 3.8) is 0 Å². The van der Waals surface area contributed by atoms with Gasteiger partial charge >= 0.3 is 0 Å². The van der Waals surface area contributed by atoms with E-state index in [2.05, 4.69) is 66.2 Å². The molecule has 3 aromatic rings. The van der Waals surface area contributed by atoms with E-state index in [4.69, 9.17) is 0 Å². The number of hydrogen-bond acceptors (Lipinski definition) is 1. The fraction of sp³-hybridized carbons (Fsp3) is 0.133. The average molecular weight is 240 g/mol. The Hall–Kier alpha value is -1.67. The lowest BCUT2D eigenvalue weighted by Gasteiger charge is -1.95. The molecule has 0 spiro atoms. The summed E-state index contributed by atoms with van der Waals surface area (Å²) in [6.07, 6.45) is 1.01. The summed E-state index contributed by atoms with van der Waals surface area (Å²) in [6.45, 7) is 0. The first-order valence-corrected chi connectivity index (χ1v) is 6.56. The number of fused-ring (bicyclic) bond motifs is 1. The van der Waals surface area contributed by atoms with Crippen LogP contribution in [0.15, 0.2) is 54.6 Å². The number of aryl methyl sites for hydroxylation is 1. The van der Waals surface area contributed by atoms with Gasteiger partial charge in [0.2, 0.25) is 10.5 Å². The molecule has 17 heavy (non-hydrogen) atoms. The molecule has 1 aromatic heterocycles. The Morgan fingerprint density at radius 3 is 2.41 bits per heavy atom. The Morgan fingerprint density at radius 2 is 1.65 bits per heavy atom. The molecule has 0 saturated heterocycles. The van der Waals surface area contributed by atoms with E-state index in [1.54, 1.807) is 0 Å². The predicted molar refractivity (Wildman–Crippen MR) is 72.2 cm³/mol. The zero-order chi connectivity index (χ0) is 11.7. The Morgan fingerprint density at radius 1 is 0.941 bits per heavy atom. The molecular formula is C15H14NS+. The summed E-state index contributed by atoms with van der Waals surface area (Å²) in [5.74, 6) is 0. The molecule has 1 heterocycles. The number of hydrogen-bond donors (Lipinski definition) is 0. The molecular weight excluding hydrogens is 226 g/mol. The summed E-state index contributed by atoms with van der Waals surface area (Å²) in [6, 6.07) is 19.2. The highest BCUT2D eigenvalue weighted by Crippen LogP contribution is 2.21. The molecule has 0 radical (unpaired) electrons. The minimum absolute atomic E-state index is 1.01. The Bertz CT molecular complexity index is 640. The quantitative estimate of drug-likeness (QED) is 0.605. The van der Waals surface area contributed by atoms with Gasteiger partial charge in [-0.3, -0.25) is 0 Å². The SMILES string of the molecule is C[n+]1c(Cc2ccccc2)sc2ccccc21. The molecule has 0 amide bonds. The van der Waals surface area contributed by atoms with E-state index in [0.717, 1.165) is 6.42 Å². The van der Waals surface area contributed by atoms with Crippen LogP contribution in [0.2, 0.25) is 0 Å². The van der Waals surface area contributed by atoms with Gasteiger partial charge in [-0.25, -0.2) is 0 Å². The van der Waals surface area contributed by atoms with Crippen LogP contribution in [0, 0.1) is 0 Å². The summed E-state index contributed by atoms with van der Waals surface area (Å²) >= 11 is 1.88. The summed E-state index contributed by atoms with van der Waals surface area (Å²) < 4.78 is 3.66. The number of aromatic nitrogens is 1. The molecule has 0 aliphatic carbocycles. The second-order valence-corrected chi connectivity index (χ2v) is 5.30. The highest BCUT2D eigenvalue weighted by molar-refractivity contribution is 7.18. The van der Waals surface area contributed by atoms with Gasteiger partial charge in [0.25, 0.3) is 0 Å². The maximum atomic E-state index is 2.30. The van der Waals surface area contributed by atoms with Gasteiger partial charge in [-0.2, -0.15) is 4.57 Å². The second-order valence-electron chi connectivity index (χ2n) is 4.18. The van der Waals surface area contributed by atoms with E-state index in [-0.39, 0.29) is 0 Å². The van der Waals surface area contributed by atoms with Gasteiger partial charge < -0.3 is 0 Å². The standard InChI is InChI=1S/C15H14NS/c1-16-13-9-5-6-10-14(13)17-15(16)11-12-7-3-2-4-8-12/h2-10H,11H2,1H3/q+1. The molecule has 0 atom stereocenters. The summed E-state index contributed by atoms with van der Waals surface area (Å²) in [4.78, 5) is 0. The molecule has 0 N–H and O–H groups in total. The molecule has 2 heteroatoms. The maximum Gasteiger partial charge on any atom is 0.242 e. The van der Waals surface area contributed by atoms with Crippen LogP contribution >= 0.6 is 11.3 Å². The second kappa shape index (κ2) is 4.30. The summed E-state index contributed by atoms with van der Waals surface area (Å²) in [5, 5.41) is 1.40. The molecule has 0 aliphatic rings. The van der Waals surface area contributed by atoms with Crippen molar-refractivity contribution in [2.45, 2.75) is 6.42 Å². The molecule has 1 nitrogen and oxygen atoms in total. The van der Waals surface area contributed by atoms with E-state index in [1.165, 1.54) is 20.8 Å². The van der Waals surface area contributed by atoms with Crippen molar-refractivity contribution in [2.24, 2.45) is 7.05 Å². The fourth-order valence-corrected chi connectivity index (χ4v) is 3.26. The first kappa shape index (κ1) is 10.5. The molecule has 0 bridgehead atoms. The van der Waals surface area contributed by atoms with Crippen molar-refractivity contribution in [2.75, 3.05) is 0 Å². The monoisotopic (exact) mass is 240 g/mol. The van der Waals surface area contributed by atoms with Crippen LogP contribution in [-0.4, -0.2) is 0 Å². The van der Waals surface area contributed by atoms with Gasteiger partial charge in [-0.15, -0.1) is 0 Å². The Kier molecular flexibility index (Phi) is 2.65. The third-order valence-corrected chi connectivity index (χ3v) is 4.25. The topological polar surface area (TPSA) is 3.88 Å². The maximum absolute atomic E-state index is 2.30. The van der Waals surface area contributed by atoms with Crippen molar-refractivity contribution >= 4 is 21.6 Å². The van der Waals surface area contributed by atoms with Crippen LogP contribution in [0.5, 0.6) is 0 Å². The van der Waals surface area contributed by atoms with Crippen molar-refractivity contribution in [1.29, 1.82) is 0 Å². The zero-order valence-electron chi connectivity index (χ0n) is 9.76. The zero-order valence-corrected chi connectivity index (χ0v) is 10.6. The van der Waals surface area contributed by atoms with Crippen LogP contribution in [-0.2, 0) is 13.5 Å². The van der Waals surface area contributed by atoms with Gasteiger partial charge in [0.1, 0.15) is 11.7 Å². The molecule has 84 valence electrons. The molecule has 3 rings (SSSR count). The first-order chi connectivity index (χ1) is 8.34. The first-order valence-electron chi connectivity index (χ1n) is 5.75. The molecule has 0 saturated carbocycles. The number of para-hydroxylation sites is 1. The number of benzene rings is 2. The van der Waals surface area contributed by atoms with Gasteiger partial charge in [-0.05, 0) is 11.6 Å². The molecule has 0 unspecified atom stereocenters. The van der Waals surface area contributed by atoms with Gasteiger partial charge in [0, 0.05) is 6.07 Å². The normalized spacial score (nSPS) is 10.9. The molecule has 2 aromatic carbocycles. The average Bonchev–Trinajstić information content (AvgIpc) is 2.68. The van der Waals surface area contributed by atoms with Crippen LogP contribution in [0.4, 0.5) is 0 Å². The third-order valence-electron chi connectivity index (χ3n) is 3.03. The molecule has 0 aliphatic heterocycles. The van der Waals surface area contributed by atoms with Crippen molar-refractivity contribution in [3.05, 3.63) is 65.2 Å². The minimum atomic E-state index is 1.01. The van der Waals surface area contributed by atoms with E-state index in [0.29, 0.717) is 0 Å². The van der Waals surface area contributed by atoms with Crippen LogP contribution < -0.4 is 4.57 Å². The fourth-order valence-electron chi connectivity index (χ4n) is 2.08. The van der Waals surface area contributed by atoms with Crippen molar-refractivity contribution in [1.82, 2.24) is 0 Å². The van der Waals surface area contributed by atoms with E-state index >= 15 is 0 Å². The molecule has 0 fully saturated rings. The number of thiazole rings is 1. The highest BCUT2D eigenvalue weighted by Gasteiger charge is 2.15. The van der Waals surface area contributed by atoms with E-state index in [1.807, 2.05) is 11.3 Å². The highest BCUT2D eigenvalue weighted by atomic mass is 32.1. The number of rotatable bonds is 2. The Balaban J connectivity index is 2.04. The van der Waals surface area contributed by atoms with E-state index in [9.17, 15) is 0 Å².